The average molecular weight is 257 g/mol. The van der Waals surface area contributed by atoms with Gasteiger partial charge >= 0.3 is 0 Å². The number of hydrogen-bond acceptors (Lipinski definition) is 5. The van der Waals surface area contributed by atoms with E-state index in [-0.39, 0.29) is 0 Å². The maximum absolute atomic E-state index is 5.07. The van der Waals surface area contributed by atoms with E-state index in [2.05, 4.69) is 34.6 Å². The van der Waals surface area contributed by atoms with E-state index in [4.69, 9.17) is 4.74 Å². The molecule has 1 aromatic rings. The topological polar surface area (TPSA) is 37.4 Å². The molecule has 0 amide bonds. The predicted octanol–water partition coefficient (Wildman–Crippen LogP) is 1.51. The van der Waals surface area contributed by atoms with Crippen molar-refractivity contribution in [3.63, 3.8) is 0 Å². The van der Waals surface area contributed by atoms with Crippen molar-refractivity contribution >= 4 is 11.3 Å². The Morgan fingerprint density at radius 1 is 1.59 bits per heavy atom. The molecule has 0 aliphatic rings. The summed E-state index contributed by atoms with van der Waals surface area (Å²) < 4.78 is 5.07. The van der Waals surface area contributed by atoms with Crippen LogP contribution in [0.5, 0.6) is 0 Å². The predicted molar refractivity (Wildman–Crippen MR) is 72.5 cm³/mol. The molecule has 0 aromatic carbocycles. The molecule has 0 radical (unpaired) electrons. The molecule has 0 fully saturated rings. The number of rotatable bonds is 8. The van der Waals surface area contributed by atoms with Crippen LogP contribution in [0.4, 0.5) is 0 Å². The first-order valence-corrected chi connectivity index (χ1v) is 6.81. The third-order valence-corrected chi connectivity index (χ3v) is 3.32. The van der Waals surface area contributed by atoms with Crippen LogP contribution < -0.4 is 5.32 Å². The van der Waals surface area contributed by atoms with Gasteiger partial charge in [0, 0.05) is 38.2 Å². The maximum atomic E-state index is 5.07. The Morgan fingerprint density at radius 3 is 2.94 bits per heavy atom. The van der Waals surface area contributed by atoms with Gasteiger partial charge in [0.2, 0.25) is 0 Å². The lowest BCUT2D eigenvalue weighted by Gasteiger charge is -2.18. The molecule has 1 heterocycles. The van der Waals surface area contributed by atoms with Crippen molar-refractivity contribution in [1.82, 2.24) is 15.2 Å². The van der Waals surface area contributed by atoms with Crippen molar-refractivity contribution in [3.8, 4) is 0 Å². The van der Waals surface area contributed by atoms with Gasteiger partial charge < -0.3 is 10.1 Å². The normalized spacial score (nSPS) is 13.2. The second kappa shape index (κ2) is 7.76. The quantitative estimate of drug-likeness (QED) is 0.766. The van der Waals surface area contributed by atoms with Crippen LogP contribution in [0, 0.1) is 6.92 Å². The number of aromatic nitrogens is 1. The number of hydrogen-bond donors (Lipinski definition) is 1. The summed E-state index contributed by atoms with van der Waals surface area (Å²) in [7, 11) is 3.85. The lowest BCUT2D eigenvalue weighted by atomic mass is 10.3. The van der Waals surface area contributed by atoms with Gasteiger partial charge in [-0.05, 0) is 20.9 Å². The zero-order valence-electron chi connectivity index (χ0n) is 11.2. The zero-order chi connectivity index (χ0) is 12.7. The Bertz CT molecular complexity index is 316. The summed E-state index contributed by atoms with van der Waals surface area (Å²) in [4.78, 5) is 6.74. The summed E-state index contributed by atoms with van der Waals surface area (Å²) in [6, 6.07) is 0.412. The fourth-order valence-electron chi connectivity index (χ4n) is 1.65. The second-order valence-corrected chi connectivity index (χ2v) is 5.47. The highest BCUT2D eigenvalue weighted by molar-refractivity contribution is 7.09. The summed E-state index contributed by atoms with van der Waals surface area (Å²) in [5.74, 6) is 0. The van der Waals surface area contributed by atoms with Gasteiger partial charge in [-0.1, -0.05) is 0 Å². The first-order chi connectivity index (χ1) is 8.11. The first kappa shape index (κ1) is 14.6. The van der Waals surface area contributed by atoms with Crippen molar-refractivity contribution in [2.24, 2.45) is 0 Å². The molecule has 0 spiro atoms. The molecule has 0 saturated heterocycles. The van der Waals surface area contributed by atoms with E-state index < -0.39 is 0 Å². The number of nitrogens with zero attached hydrogens (tertiary/aromatic N) is 2. The number of methoxy groups -OCH3 is 1. The van der Waals surface area contributed by atoms with Crippen LogP contribution in [-0.2, 0) is 11.3 Å². The smallest absolute Gasteiger partial charge is 0.0897 e. The molecular formula is C12H23N3OS. The van der Waals surface area contributed by atoms with Gasteiger partial charge in [0.25, 0.3) is 0 Å². The van der Waals surface area contributed by atoms with Gasteiger partial charge in [0.1, 0.15) is 0 Å². The Kier molecular flexibility index (Phi) is 6.65. The minimum Gasteiger partial charge on any atom is -0.383 e. The van der Waals surface area contributed by atoms with Crippen molar-refractivity contribution in [3.05, 3.63) is 16.1 Å². The van der Waals surface area contributed by atoms with E-state index in [1.165, 1.54) is 5.69 Å². The molecule has 17 heavy (non-hydrogen) atoms. The Morgan fingerprint density at radius 2 is 2.35 bits per heavy atom. The van der Waals surface area contributed by atoms with Crippen LogP contribution in [0.25, 0.3) is 0 Å². The molecule has 4 nitrogen and oxygen atoms in total. The summed E-state index contributed by atoms with van der Waals surface area (Å²) in [5, 5.41) is 6.69. The summed E-state index contributed by atoms with van der Waals surface area (Å²) in [5.41, 5.74) is 1.17. The Balaban J connectivity index is 2.15. The zero-order valence-corrected chi connectivity index (χ0v) is 12.0. The molecule has 1 aromatic heterocycles. The summed E-state index contributed by atoms with van der Waals surface area (Å²) >= 11 is 1.71. The average Bonchev–Trinajstić information content (AvgIpc) is 2.64. The largest absolute Gasteiger partial charge is 0.383 e. The minimum atomic E-state index is 0.412. The third kappa shape index (κ3) is 6.12. The Labute approximate surface area is 108 Å². The van der Waals surface area contributed by atoms with Crippen LogP contribution in [-0.4, -0.2) is 49.8 Å². The van der Waals surface area contributed by atoms with Gasteiger partial charge in [0.15, 0.2) is 0 Å². The molecule has 1 rings (SSSR count). The molecule has 0 aliphatic carbocycles. The molecule has 1 atom stereocenters. The number of ether oxygens (including phenoxy) is 1. The highest BCUT2D eigenvalue weighted by Gasteiger charge is 2.04. The maximum Gasteiger partial charge on any atom is 0.0897 e. The molecule has 0 bridgehead atoms. The highest BCUT2D eigenvalue weighted by atomic mass is 32.1. The van der Waals surface area contributed by atoms with E-state index in [9.17, 15) is 0 Å². The second-order valence-electron chi connectivity index (χ2n) is 4.41. The van der Waals surface area contributed by atoms with Gasteiger partial charge in [-0.25, -0.2) is 4.98 Å². The highest BCUT2D eigenvalue weighted by Crippen LogP contribution is 2.09. The summed E-state index contributed by atoms with van der Waals surface area (Å²) in [6.45, 7) is 7.85. The SMILES string of the molecule is COCC(C)NCCN(C)Cc1csc(C)n1. The molecule has 98 valence electrons. The van der Waals surface area contributed by atoms with Gasteiger partial charge in [-0.15, -0.1) is 11.3 Å². The monoisotopic (exact) mass is 257 g/mol. The van der Waals surface area contributed by atoms with Gasteiger partial charge in [-0.2, -0.15) is 0 Å². The molecule has 5 heteroatoms. The summed E-state index contributed by atoms with van der Waals surface area (Å²) in [6.07, 6.45) is 0. The minimum absolute atomic E-state index is 0.412. The van der Waals surface area contributed by atoms with Crippen LogP contribution in [0.1, 0.15) is 17.6 Å². The molecule has 0 saturated carbocycles. The molecule has 1 unspecified atom stereocenters. The van der Waals surface area contributed by atoms with Crippen LogP contribution in [0.2, 0.25) is 0 Å². The first-order valence-electron chi connectivity index (χ1n) is 5.93. The van der Waals surface area contributed by atoms with Crippen LogP contribution in [0.15, 0.2) is 5.38 Å². The number of likely N-dealkylation sites (N-methyl/N-ethyl adjacent to an activating group) is 1. The van der Waals surface area contributed by atoms with Gasteiger partial charge in [0.05, 0.1) is 17.3 Å². The van der Waals surface area contributed by atoms with E-state index >= 15 is 0 Å². The van der Waals surface area contributed by atoms with E-state index in [0.29, 0.717) is 6.04 Å². The number of thiazole rings is 1. The van der Waals surface area contributed by atoms with Crippen molar-refractivity contribution in [2.75, 3.05) is 33.9 Å². The third-order valence-electron chi connectivity index (χ3n) is 2.50. The fourth-order valence-corrected chi connectivity index (χ4v) is 2.25. The van der Waals surface area contributed by atoms with Crippen LogP contribution >= 0.6 is 11.3 Å². The molecule has 1 N–H and O–H groups in total. The van der Waals surface area contributed by atoms with E-state index in [1.807, 2.05) is 6.92 Å². The lowest BCUT2D eigenvalue weighted by Crippen LogP contribution is -2.36. The van der Waals surface area contributed by atoms with E-state index in [0.717, 1.165) is 31.2 Å². The number of nitrogens with one attached hydrogen (secondary N) is 1. The molecule has 0 aliphatic heterocycles. The van der Waals surface area contributed by atoms with Crippen molar-refractivity contribution in [1.29, 1.82) is 0 Å². The standard InChI is InChI=1S/C12H23N3OS/c1-10(8-16-4)13-5-6-15(3)7-12-9-17-11(2)14-12/h9-10,13H,5-8H2,1-4H3. The lowest BCUT2D eigenvalue weighted by molar-refractivity contribution is 0.170. The fraction of sp³-hybridized carbons (Fsp3) is 0.750. The molecular weight excluding hydrogens is 234 g/mol. The van der Waals surface area contributed by atoms with Crippen molar-refractivity contribution in [2.45, 2.75) is 26.4 Å². The van der Waals surface area contributed by atoms with Crippen LogP contribution in [0.3, 0.4) is 0 Å². The number of aryl methyl sites for hydroxylation is 1. The van der Waals surface area contributed by atoms with E-state index in [1.54, 1.807) is 18.4 Å². The van der Waals surface area contributed by atoms with Crippen molar-refractivity contribution < 1.29 is 4.74 Å². The Hall–Kier alpha value is -0.490. The van der Waals surface area contributed by atoms with Gasteiger partial charge in [-0.3, -0.25) is 4.90 Å².